The first-order valence-electron chi connectivity index (χ1n) is 9.30. The molecule has 2 aromatic heterocycles. The van der Waals surface area contributed by atoms with Gasteiger partial charge in [-0.05, 0) is 37.1 Å². The van der Waals surface area contributed by atoms with Crippen LogP contribution in [-0.2, 0) is 0 Å². The van der Waals surface area contributed by atoms with Crippen molar-refractivity contribution < 1.29 is 4.79 Å². The van der Waals surface area contributed by atoms with Crippen molar-refractivity contribution in [1.82, 2.24) is 4.98 Å². The summed E-state index contributed by atoms with van der Waals surface area (Å²) in [5.74, 6) is -0.103. The molecule has 0 spiro atoms. The Balaban J connectivity index is 1.75. The van der Waals surface area contributed by atoms with Gasteiger partial charge in [0.05, 0.1) is 6.04 Å². The molecule has 146 valence electrons. The molecule has 29 heavy (non-hydrogen) atoms. The molecule has 2 heterocycles. The lowest BCUT2D eigenvalue weighted by molar-refractivity contribution is 0.102. The average Bonchev–Trinajstić information content (AvgIpc) is 3.36. The number of nitrogens with one attached hydrogen (secondary N) is 2. The van der Waals surface area contributed by atoms with E-state index in [0.717, 1.165) is 21.3 Å². The molecule has 0 saturated heterocycles. The van der Waals surface area contributed by atoms with Gasteiger partial charge in [0.25, 0.3) is 5.91 Å². The summed E-state index contributed by atoms with van der Waals surface area (Å²) in [4.78, 5) is 18.4. The minimum Gasteiger partial charge on any atom is -0.350 e. The average molecular weight is 420 g/mol. The van der Waals surface area contributed by atoms with Crippen LogP contribution in [0.3, 0.4) is 0 Å². The second-order valence-corrected chi connectivity index (χ2v) is 8.79. The van der Waals surface area contributed by atoms with Gasteiger partial charge >= 0.3 is 0 Å². The van der Waals surface area contributed by atoms with E-state index in [1.165, 1.54) is 10.4 Å². The third-order valence-corrected chi connectivity index (χ3v) is 6.66. The molecule has 0 radical (unpaired) electrons. The fraction of sp³-hybridized carbons (Fsp3) is 0.130. The largest absolute Gasteiger partial charge is 0.350 e. The molecule has 0 bridgehead atoms. The number of hydrogen-bond acceptors (Lipinski definition) is 5. The summed E-state index contributed by atoms with van der Waals surface area (Å²) in [6.07, 6.45) is 1.79. The Kier molecular flexibility index (Phi) is 5.74. The minimum absolute atomic E-state index is 0.103. The van der Waals surface area contributed by atoms with Gasteiger partial charge in [0.2, 0.25) is 0 Å². The monoisotopic (exact) mass is 419 g/mol. The van der Waals surface area contributed by atoms with Crippen LogP contribution in [0, 0.1) is 13.8 Å². The van der Waals surface area contributed by atoms with E-state index in [-0.39, 0.29) is 11.9 Å². The Labute approximate surface area is 178 Å². The summed E-state index contributed by atoms with van der Waals surface area (Å²) in [6, 6.07) is 19.5. The van der Waals surface area contributed by atoms with Crippen molar-refractivity contribution in [1.29, 1.82) is 0 Å². The topological polar surface area (TPSA) is 54.0 Å². The first-order chi connectivity index (χ1) is 14.1. The van der Waals surface area contributed by atoms with Crippen molar-refractivity contribution in [2.75, 3.05) is 10.6 Å². The van der Waals surface area contributed by atoms with Crippen molar-refractivity contribution in [3.8, 4) is 0 Å². The van der Waals surface area contributed by atoms with Crippen molar-refractivity contribution >= 4 is 38.7 Å². The van der Waals surface area contributed by atoms with Gasteiger partial charge in [0, 0.05) is 27.6 Å². The fourth-order valence-electron chi connectivity index (χ4n) is 3.24. The molecular weight excluding hydrogens is 398 g/mol. The number of aromatic nitrogens is 1. The predicted molar refractivity (Wildman–Crippen MR) is 122 cm³/mol. The summed E-state index contributed by atoms with van der Waals surface area (Å²) in [5, 5.41) is 10.4. The Morgan fingerprint density at radius 1 is 1.00 bits per heavy atom. The van der Waals surface area contributed by atoms with Gasteiger partial charge in [0.15, 0.2) is 5.13 Å². The van der Waals surface area contributed by atoms with Crippen LogP contribution in [0.4, 0.5) is 10.1 Å². The van der Waals surface area contributed by atoms with Crippen molar-refractivity contribution in [3.05, 3.63) is 99.4 Å². The molecule has 6 heteroatoms. The highest BCUT2D eigenvalue weighted by molar-refractivity contribution is 7.16. The zero-order valence-electron chi connectivity index (χ0n) is 16.2. The van der Waals surface area contributed by atoms with E-state index in [0.29, 0.717) is 5.56 Å². The number of anilines is 2. The van der Waals surface area contributed by atoms with Crippen LogP contribution in [0.15, 0.2) is 72.2 Å². The van der Waals surface area contributed by atoms with Gasteiger partial charge in [-0.2, -0.15) is 0 Å². The van der Waals surface area contributed by atoms with Crippen molar-refractivity contribution in [2.24, 2.45) is 0 Å². The minimum atomic E-state index is -0.113. The third kappa shape index (κ3) is 4.23. The summed E-state index contributed by atoms with van der Waals surface area (Å²) in [6.45, 7) is 4.20. The number of aryl methyl sites for hydroxylation is 1. The van der Waals surface area contributed by atoms with E-state index < -0.39 is 0 Å². The van der Waals surface area contributed by atoms with Crippen LogP contribution in [0.2, 0.25) is 0 Å². The molecule has 1 amide bonds. The van der Waals surface area contributed by atoms with Gasteiger partial charge in [-0.1, -0.05) is 48.5 Å². The maximum Gasteiger partial charge on any atom is 0.256 e. The standard InChI is InChI=1S/C23H21N3OS2/c1-15-16(2)29-22(26-21(27)18-11-7-4-8-12-18)19(15)20(17-9-5-3-6-10-17)25-23-24-13-14-28-23/h3-14,20H,1-2H3,(H,24,25)(H,26,27)/t20-/m0/s1. The van der Waals surface area contributed by atoms with E-state index in [1.54, 1.807) is 28.9 Å². The highest BCUT2D eigenvalue weighted by Crippen LogP contribution is 2.41. The number of thiazole rings is 1. The van der Waals surface area contributed by atoms with E-state index in [2.05, 4.69) is 41.6 Å². The van der Waals surface area contributed by atoms with Crippen molar-refractivity contribution in [3.63, 3.8) is 0 Å². The van der Waals surface area contributed by atoms with E-state index >= 15 is 0 Å². The number of rotatable bonds is 6. The lowest BCUT2D eigenvalue weighted by Crippen LogP contribution is -2.17. The van der Waals surface area contributed by atoms with Gasteiger partial charge in [-0.15, -0.1) is 22.7 Å². The van der Waals surface area contributed by atoms with Crippen LogP contribution >= 0.6 is 22.7 Å². The maximum absolute atomic E-state index is 12.8. The molecule has 4 rings (SSSR count). The van der Waals surface area contributed by atoms with Gasteiger partial charge in [0.1, 0.15) is 5.00 Å². The first kappa shape index (κ1) is 19.4. The number of benzene rings is 2. The highest BCUT2D eigenvalue weighted by Gasteiger charge is 2.25. The molecule has 0 unspecified atom stereocenters. The second kappa shape index (κ2) is 8.59. The third-order valence-electron chi connectivity index (χ3n) is 4.82. The summed E-state index contributed by atoms with van der Waals surface area (Å²) in [5.41, 5.74) is 4.03. The van der Waals surface area contributed by atoms with Crippen LogP contribution in [0.5, 0.6) is 0 Å². The quantitative estimate of drug-likeness (QED) is 0.387. The van der Waals surface area contributed by atoms with Gasteiger partial charge in [-0.3, -0.25) is 4.79 Å². The van der Waals surface area contributed by atoms with Crippen molar-refractivity contribution in [2.45, 2.75) is 19.9 Å². The Morgan fingerprint density at radius 3 is 2.34 bits per heavy atom. The Bertz CT molecular complexity index is 1090. The number of nitrogens with zero attached hydrogens (tertiary/aromatic N) is 1. The number of amides is 1. The zero-order chi connectivity index (χ0) is 20.2. The zero-order valence-corrected chi connectivity index (χ0v) is 17.8. The number of carbonyl (C=O) groups is 1. The second-order valence-electron chi connectivity index (χ2n) is 6.67. The molecule has 2 N–H and O–H groups in total. The smallest absolute Gasteiger partial charge is 0.256 e. The predicted octanol–water partition coefficient (Wildman–Crippen LogP) is 6.28. The summed E-state index contributed by atoms with van der Waals surface area (Å²) in [7, 11) is 0. The maximum atomic E-state index is 12.8. The Morgan fingerprint density at radius 2 is 1.69 bits per heavy atom. The summed E-state index contributed by atoms with van der Waals surface area (Å²) < 4.78 is 0. The van der Waals surface area contributed by atoms with Gasteiger partial charge in [-0.25, -0.2) is 4.98 Å². The number of hydrogen-bond donors (Lipinski definition) is 2. The Hall–Kier alpha value is -2.96. The fourth-order valence-corrected chi connectivity index (χ4v) is 4.89. The summed E-state index contributed by atoms with van der Waals surface area (Å²) >= 11 is 3.17. The molecule has 2 aromatic carbocycles. The van der Waals surface area contributed by atoms with Crippen LogP contribution in [-0.4, -0.2) is 10.9 Å². The van der Waals surface area contributed by atoms with Crippen LogP contribution < -0.4 is 10.6 Å². The number of carbonyl (C=O) groups excluding carboxylic acids is 1. The van der Waals surface area contributed by atoms with E-state index in [4.69, 9.17) is 0 Å². The molecule has 0 fully saturated rings. The lowest BCUT2D eigenvalue weighted by atomic mass is 9.96. The van der Waals surface area contributed by atoms with E-state index in [1.807, 2.05) is 53.9 Å². The first-order valence-corrected chi connectivity index (χ1v) is 11.0. The highest BCUT2D eigenvalue weighted by atomic mass is 32.1. The molecule has 0 aliphatic rings. The lowest BCUT2D eigenvalue weighted by Gasteiger charge is -2.21. The number of thiophene rings is 1. The molecular formula is C23H21N3OS2. The SMILES string of the molecule is Cc1sc(NC(=O)c2ccccc2)c([C@@H](Nc2nccs2)c2ccccc2)c1C. The molecule has 0 saturated carbocycles. The molecule has 4 nitrogen and oxygen atoms in total. The molecule has 4 aromatic rings. The molecule has 0 aliphatic heterocycles. The van der Waals surface area contributed by atoms with E-state index in [9.17, 15) is 4.79 Å². The van der Waals surface area contributed by atoms with Crippen LogP contribution in [0.1, 0.15) is 38.0 Å². The molecule has 1 atom stereocenters. The van der Waals surface area contributed by atoms with Gasteiger partial charge < -0.3 is 10.6 Å². The van der Waals surface area contributed by atoms with Crippen LogP contribution in [0.25, 0.3) is 0 Å². The molecule has 0 aliphatic carbocycles. The normalized spacial score (nSPS) is 11.8.